The van der Waals surface area contributed by atoms with Crippen LogP contribution in [-0.2, 0) is 9.59 Å². The van der Waals surface area contributed by atoms with Crippen LogP contribution in [0.25, 0.3) is 0 Å². The maximum Gasteiger partial charge on any atom is 0.330 e. The van der Waals surface area contributed by atoms with Crippen LogP contribution in [0.15, 0.2) is 30.3 Å². The highest BCUT2D eigenvalue weighted by Crippen LogP contribution is 2.32. The number of rotatable bonds is 5. The molecule has 2 amide bonds. The zero-order valence-corrected chi connectivity index (χ0v) is 14.4. The third-order valence-electron chi connectivity index (χ3n) is 3.56. The summed E-state index contributed by atoms with van der Waals surface area (Å²) < 4.78 is 0. The third-order valence-corrected chi connectivity index (χ3v) is 4.68. The molecule has 0 fully saturated rings. The van der Waals surface area contributed by atoms with E-state index >= 15 is 0 Å². The molecule has 7 heteroatoms. The normalized spacial score (nSPS) is 11.6. The Labute approximate surface area is 143 Å². The minimum absolute atomic E-state index is 0.289. The molecule has 0 saturated heterocycles. The number of amides is 2. The van der Waals surface area contributed by atoms with E-state index in [0.717, 1.165) is 10.4 Å². The van der Waals surface area contributed by atoms with E-state index in [1.807, 2.05) is 6.92 Å². The fourth-order valence-corrected chi connectivity index (χ4v) is 3.39. The van der Waals surface area contributed by atoms with Crippen LogP contribution >= 0.6 is 11.3 Å². The van der Waals surface area contributed by atoms with Gasteiger partial charge in [0.05, 0.1) is 5.56 Å². The number of carboxylic acid groups (broad SMARTS) is 1. The van der Waals surface area contributed by atoms with Gasteiger partial charge in [-0.25, -0.2) is 4.79 Å². The second-order valence-electron chi connectivity index (χ2n) is 5.32. The molecule has 3 N–H and O–H groups in total. The zero-order valence-electron chi connectivity index (χ0n) is 13.5. The van der Waals surface area contributed by atoms with Gasteiger partial charge in [0.25, 0.3) is 5.91 Å². The Bertz CT molecular complexity index is 783. The predicted octanol–water partition coefficient (Wildman–Crippen LogP) is 2.88. The van der Waals surface area contributed by atoms with E-state index in [0.29, 0.717) is 16.1 Å². The van der Waals surface area contributed by atoms with E-state index in [1.54, 1.807) is 37.3 Å². The van der Waals surface area contributed by atoms with Crippen molar-refractivity contribution >= 4 is 34.1 Å². The second kappa shape index (κ2) is 7.27. The molecule has 2 rings (SSSR count). The maximum absolute atomic E-state index is 12.7. The molecule has 0 aliphatic heterocycles. The summed E-state index contributed by atoms with van der Waals surface area (Å²) in [5.74, 6) is -1.97. The average Bonchev–Trinajstić information content (AvgIpc) is 2.79. The number of carbonyl (C=O) groups excluding carboxylic acids is 2. The molecule has 0 radical (unpaired) electrons. The first-order chi connectivity index (χ1) is 11.3. The lowest BCUT2D eigenvalue weighted by molar-refractivity contribution is -0.139. The van der Waals surface area contributed by atoms with Crippen LogP contribution < -0.4 is 10.6 Å². The summed E-state index contributed by atoms with van der Waals surface area (Å²) in [6.45, 7) is 4.97. The van der Waals surface area contributed by atoms with Gasteiger partial charge in [-0.1, -0.05) is 30.3 Å². The lowest BCUT2D eigenvalue weighted by Crippen LogP contribution is -2.34. The van der Waals surface area contributed by atoms with Crippen LogP contribution in [0.5, 0.6) is 0 Å². The molecule has 1 aromatic carbocycles. The van der Waals surface area contributed by atoms with Gasteiger partial charge in [0, 0.05) is 11.8 Å². The van der Waals surface area contributed by atoms with Crippen LogP contribution in [0.1, 0.15) is 39.3 Å². The van der Waals surface area contributed by atoms with E-state index in [4.69, 9.17) is 0 Å². The maximum atomic E-state index is 12.7. The summed E-state index contributed by atoms with van der Waals surface area (Å²) in [5.41, 5.74) is 1.50. The van der Waals surface area contributed by atoms with Gasteiger partial charge in [0.2, 0.25) is 5.91 Å². The summed E-state index contributed by atoms with van der Waals surface area (Å²) in [5, 5.41) is 15.0. The zero-order chi connectivity index (χ0) is 17.9. The Hall–Kier alpha value is -2.67. The number of carbonyl (C=O) groups is 3. The molecule has 0 saturated carbocycles. The fraction of sp³-hybridized carbons (Fsp3) is 0.235. The Morgan fingerprint density at radius 2 is 1.75 bits per heavy atom. The second-order valence-corrected chi connectivity index (χ2v) is 6.55. The van der Waals surface area contributed by atoms with E-state index in [2.05, 4.69) is 10.6 Å². The van der Waals surface area contributed by atoms with Crippen molar-refractivity contribution in [3.63, 3.8) is 0 Å². The lowest BCUT2D eigenvalue weighted by Gasteiger charge is -2.15. The molecule has 1 heterocycles. The van der Waals surface area contributed by atoms with Crippen LogP contribution in [0.4, 0.5) is 5.00 Å². The number of hydrogen-bond acceptors (Lipinski definition) is 4. The van der Waals surface area contributed by atoms with Gasteiger partial charge in [-0.3, -0.25) is 9.59 Å². The van der Waals surface area contributed by atoms with Crippen molar-refractivity contribution in [1.29, 1.82) is 0 Å². The van der Waals surface area contributed by atoms with Crippen molar-refractivity contribution in [2.45, 2.75) is 26.8 Å². The SMILES string of the molecule is CC(=O)Nc1sc(C)c(C)c1C(=O)NC(C(=O)O)c1ccccc1. The summed E-state index contributed by atoms with van der Waals surface area (Å²) in [7, 11) is 0. The quantitative estimate of drug-likeness (QED) is 0.776. The van der Waals surface area contributed by atoms with E-state index in [1.165, 1.54) is 18.3 Å². The Kier molecular flexibility index (Phi) is 5.35. The smallest absolute Gasteiger partial charge is 0.330 e. The third kappa shape index (κ3) is 3.80. The molecule has 1 unspecified atom stereocenters. The summed E-state index contributed by atoms with van der Waals surface area (Å²) in [6, 6.07) is 7.30. The fourth-order valence-electron chi connectivity index (χ4n) is 2.28. The number of benzene rings is 1. The number of hydrogen-bond donors (Lipinski definition) is 3. The van der Waals surface area contributed by atoms with Gasteiger partial charge in [-0.15, -0.1) is 11.3 Å². The topological polar surface area (TPSA) is 95.5 Å². The summed E-state index contributed by atoms with van der Waals surface area (Å²) in [6.07, 6.45) is 0. The number of thiophene rings is 1. The van der Waals surface area contributed by atoms with Gasteiger partial charge in [-0.2, -0.15) is 0 Å². The number of carboxylic acids is 1. The number of aliphatic carboxylic acids is 1. The van der Waals surface area contributed by atoms with Crippen LogP contribution in [0.2, 0.25) is 0 Å². The Balaban J connectivity index is 2.34. The molecule has 126 valence electrons. The highest BCUT2D eigenvalue weighted by atomic mass is 32.1. The lowest BCUT2D eigenvalue weighted by atomic mass is 10.1. The molecule has 0 aliphatic rings. The molecule has 1 atom stereocenters. The van der Waals surface area contributed by atoms with Crippen molar-refractivity contribution < 1.29 is 19.5 Å². The molecule has 24 heavy (non-hydrogen) atoms. The summed E-state index contributed by atoms with van der Waals surface area (Å²) >= 11 is 1.29. The van der Waals surface area contributed by atoms with Crippen molar-refractivity contribution in [3.05, 3.63) is 51.9 Å². The first kappa shape index (κ1) is 17.7. The Morgan fingerprint density at radius 1 is 1.12 bits per heavy atom. The summed E-state index contributed by atoms with van der Waals surface area (Å²) in [4.78, 5) is 36.4. The Morgan fingerprint density at radius 3 is 2.29 bits per heavy atom. The van der Waals surface area contributed by atoms with E-state index < -0.39 is 17.9 Å². The molecule has 6 nitrogen and oxygen atoms in total. The van der Waals surface area contributed by atoms with Gasteiger partial charge < -0.3 is 15.7 Å². The highest BCUT2D eigenvalue weighted by molar-refractivity contribution is 7.16. The van der Waals surface area contributed by atoms with Crippen LogP contribution in [0.3, 0.4) is 0 Å². The molecule has 0 aliphatic carbocycles. The largest absolute Gasteiger partial charge is 0.479 e. The number of nitrogens with one attached hydrogen (secondary N) is 2. The van der Waals surface area contributed by atoms with Crippen LogP contribution in [0, 0.1) is 13.8 Å². The van der Waals surface area contributed by atoms with Crippen molar-refractivity contribution in [2.24, 2.45) is 0 Å². The minimum atomic E-state index is -1.16. The predicted molar refractivity (Wildman–Crippen MR) is 92.4 cm³/mol. The van der Waals surface area contributed by atoms with Crippen molar-refractivity contribution in [2.75, 3.05) is 5.32 Å². The molecule has 0 spiro atoms. The van der Waals surface area contributed by atoms with Gasteiger partial charge >= 0.3 is 5.97 Å². The van der Waals surface area contributed by atoms with Crippen molar-refractivity contribution in [1.82, 2.24) is 5.32 Å². The van der Waals surface area contributed by atoms with Gasteiger partial charge in [-0.05, 0) is 25.0 Å². The number of anilines is 1. The van der Waals surface area contributed by atoms with E-state index in [9.17, 15) is 19.5 Å². The number of aryl methyl sites for hydroxylation is 1. The first-order valence-corrected chi connectivity index (χ1v) is 8.09. The minimum Gasteiger partial charge on any atom is -0.479 e. The molecular formula is C17H18N2O4S. The van der Waals surface area contributed by atoms with E-state index in [-0.39, 0.29) is 5.91 Å². The molecule has 0 bridgehead atoms. The van der Waals surface area contributed by atoms with Gasteiger partial charge in [0.15, 0.2) is 6.04 Å². The molecule has 2 aromatic rings. The van der Waals surface area contributed by atoms with Crippen LogP contribution in [-0.4, -0.2) is 22.9 Å². The highest BCUT2D eigenvalue weighted by Gasteiger charge is 2.26. The van der Waals surface area contributed by atoms with Gasteiger partial charge in [0.1, 0.15) is 5.00 Å². The molecular weight excluding hydrogens is 328 g/mol. The monoisotopic (exact) mass is 346 g/mol. The molecule has 1 aromatic heterocycles. The standard InChI is InChI=1S/C17H18N2O4S/c1-9-10(2)24-16(18-11(3)20)13(9)15(21)19-14(17(22)23)12-7-5-4-6-8-12/h4-8,14H,1-3H3,(H,18,20)(H,19,21)(H,22,23). The average molecular weight is 346 g/mol. The first-order valence-electron chi connectivity index (χ1n) is 7.27. The van der Waals surface area contributed by atoms with Crippen molar-refractivity contribution in [3.8, 4) is 0 Å².